The fraction of sp³-hybridized carbons (Fsp3) is 0.765. The summed E-state index contributed by atoms with van der Waals surface area (Å²) >= 11 is 0. The van der Waals surface area contributed by atoms with Crippen molar-refractivity contribution in [3.8, 4) is 0 Å². The van der Waals surface area contributed by atoms with Gasteiger partial charge < -0.3 is 10.2 Å². The van der Waals surface area contributed by atoms with E-state index in [1.54, 1.807) is 0 Å². The Bertz CT molecular complexity index is 433. The molecule has 2 heterocycles. The SMILES string of the molecule is CC(C)CNCc1ccc(N2CCC(C(C)(C)C)C2)nn1. The van der Waals surface area contributed by atoms with Gasteiger partial charge in [0, 0.05) is 19.6 Å². The van der Waals surface area contributed by atoms with Gasteiger partial charge >= 0.3 is 0 Å². The molecule has 4 heteroatoms. The molecule has 1 aromatic heterocycles. The first-order valence-electron chi connectivity index (χ1n) is 8.14. The molecule has 1 aromatic rings. The van der Waals surface area contributed by atoms with Crippen molar-refractivity contribution in [2.75, 3.05) is 24.5 Å². The van der Waals surface area contributed by atoms with Crippen LogP contribution in [0.3, 0.4) is 0 Å². The average Bonchev–Trinajstić information content (AvgIpc) is 2.88. The minimum absolute atomic E-state index is 0.378. The van der Waals surface area contributed by atoms with E-state index in [1.165, 1.54) is 6.42 Å². The number of hydrogen-bond acceptors (Lipinski definition) is 4. The average molecular weight is 290 g/mol. The lowest BCUT2D eigenvalue weighted by molar-refractivity contribution is 0.263. The number of rotatable bonds is 5. The van der Waals surface area contributed by atoms with Crippen LogP contribution in [-0.2, 0) is 6.54 Å². The van der Waals surface area contributed by atoms with Crippen LogP contribution in [0.4, 0.5) is 5.82 Å². The summed E-state index contributed by atoms with van der Waals surface area (Å²) in [6.45, 7) is 15.4. The Morgan fingerprint density at radius 3 is 2.57 bits per heavy atom. The van der Waals surface area contributed by atoms with E-state index in [-0.39, 0.29) is 0 Å². The van der Waals surface area contributed by atoms with E-state index in [2.05, 4.69) is 67.2 Å². The van der Waals surface area contributed by atoms with Crippen LogP contribution in [0.15, 0.2) is 12.1 Å². The predicted octanol–water partition coefficient (Wildman–Crippen LogP) is 3.09. The molecule has 1 fully saturated rings. The third-order valence-electron chi connectivity index (χ3n) is 4.30. The summed E-state index contributed by atoms with van der Waals surface area (Å²) in [7, 11) is 0. The van der Waals surface area contributed by atoms with Gasteiger partial charge in [0.15, 0.2) is 5.82 Å². The lowest BCUT2D eigenvalue weighted by atomic mass is 9.80. The highest BCUT2D eigenvalue weighted by Gasteiger charge is 2.32. The summed E-state index contributed by atoms with van der Waals surface area (Å²) in [4.78, 5) is 2.37. The maximum absolute atomic E-state index is 4.41. The van der Waals surface area contributed by atoms with Crippen LogP contribution < -0.4 is 10.2 Å². The highest BCUT2D eigenvalue weighted by atomic mass is 15.3. The zero-order valence-corrected chi connectivity index (χ0v) is 14.2. The van der Waals surface area contributed by atoms with Gasteiger partial charge in [-0.3, -0.25) is 0 Å². The molecule has 0 radical (unpaired) electrons. The molecule has 0 aromatic carbocycles. The van der Waals surface area contributed by atoms with Gasteiger partial charge in [-0.2, -0.15) is 5.10 Å². The quantitative estimate of drug-likeness (QED) is 0.905. The predicted molar refractivity (Wildman–Crippen MR) is 88.4 cm³/mol. The number of aromatic nitrogens is 2. The molecule has 0 spiro atoms. The minimum atomic E-state index is 0.378. The summed E-state index contributed by atoms with van der Waals surface area (Å²) in [6, 6.07) is 4.21. The van der Waals surface area contributed by atoms with E-state index in [9.17, 15) is 0 Å². The topological polar surface area (TPSA) is 41.0 Å². The third-order valence-corrected chi connectivity index (χ3v) is 4.30. The Morgan fingerprint density at radius 2 is 2.05 bits per heavy atom. The molecule has 1 aliphatic heterocycles. The molecule has 1 aliphatic rings. The number of nitrogens with zero attached hydrogens (tertiary/aromatic N) is 3. The molecule has 0 saturated carbocycles. The Kier molecular flexibility index (Phi) is 5.20. The smallest absolute Gasteiger partial charge is 0.151 e. The molecule has 118 valence electrons. The van der Waals surface area contributed by atoms with Gasteiger partial charge in [-0.1, -0.05) is 34.6 Å². The molecular formula is C17H30N4. The highest BCUT2D eigenvalue weighted by molar-refractivity contribution is 5.38. The van der Waals surface area contributed by atoms with Crippen LogP contribution >= 0.6 is 0 Å². The van der Waals surface area contributed by atoms with Crippen LogP contribution in [0.25, 0.3) is 0 Å². The van der Waals surface area contributed by atoms with Gasteiger partial charge in [0.25, 0.3) is 0 Å². The second-order valence-electron chi connectivity index (χ2n) is 7.71. The molecule has 4 nitrogen and oxygen atoms in total. The largest absolute Gasteiger partial charge is 0.355 e. The monoisotopic (exact) mass is 290 g/mol. The maximum atomic E-state index is 4.41. The first kappa shape index (κ1) is 16.2. The summed E-state index contributed by atoms with van der Waals surface area (Å²) in [6.07, 6.45) is 1.25. The van der Waals surface area contributed by atoms with E-state index in [0.717, 1.165) is 43.6 Å². The highest BCUT2D eigenvalue weighted by Crippen LogP contribution is 2.34. The fourth-order valence-corrected chi connectivity index (χ4v) is 2.78. The van der Waals surface area contributed by atoms with Crippen molar-refractivity contribution in [1.82, 2.24) is 15.5 Å². The van der Waals surface area contributed by atoms with Gasteiger partial charge in [0.05, 0.1) is 5.69 Å². The first-order chi connectivity index (χ1) is 9.86. The second-order valence-corrected chi connectivity index (χ2v) is 7.71. The zero-order chi connectivity index (χ0) is 15.5. The number of nitrogens with one attached hydrogen (secondary N) is 1. The van der Waals surface area contributed by atoms with Gasteiger partial charge in [0.1, 0.15) is 0 Å². The summed E-state index contributed by atoms with van der Waals surface area (Å²) in [5.74, 6) is 2.43. The molecule has 1 atom stereocenters. The zero-order valence-electron chi connectivity index (χ0n) is 14.2. The summed E-state index contributed by atoms with van der Waals surface area (Å²) in [5, 5.41) is 12.2. The first-order valence-corrected chi connectivity index (χ1v) is 8.14. The van der Waals surface area contributed by atoms with E-state index in [0.29, 0.717) is 11.3 Å². The molecule has 1 unspecified atom stereocenters. The lowest BCUT2D eigenvalue weighted by Crippen LogP contribution is -2.26. The van der Waals surface area contributed by atoms with Crippen molar-refractivity contribution in [3.05, 3.63) is 17.8 Å². The van der Waals surface area contributed by atoms with Gasteiger partial charge in [0.2, 0.25) is 0 Å². The van der Waals surface area contributed by atoms with Crippen molar-refractivity contribution >= 4 is 5.82 Å². The van der Waals surface area contributed by atoms with Gasteiger partial charge in [-0.25, -0.2) is 0 Å². The lowest BCUT2D eigenvalue weighted by Gasteiger charge is -2.27. The molecule has 0 amide bonds. The molecule has 1 N–H and O–H groups in total. The fourth-order valence-electron chi connectivity index (χ4n) is 2.78. The van der Waals surface area contributed by atoms with Gasteiger partial charge in [-0.05, 0) is 42.3 Å². The standard InChI is InChI=1S/C17H30N4/c1-13(2)10-18-11-15-6-7-16(20-19-15)21-9-8-14(12-21)17(3,4)5/h6-7,13-14,18H,8-12H2,1-5H3. The number of hydrogen-bond donors (Lipinski definition) is 1. The van der Waals surface area contributed by atoms with Crippen LogP contribution in [0.1, 0.15) is 46.7 Å². The van der Waals surface area contributed by atoms with E-state index in [4.69, 9.17) is 0 Å². The molecular weight excluding hydrogens is 260 g/mol. The Labute approximate surface area is 129 Å². The Hall–Kier alpha value is -1.16. The Balaban J connectivity index is 1.88. The molecule has 21 heavy (non-hydrogen) atoms. The third kappa shape index (κ3) is 4.67. The van der Waals surface area contributed by atoms with Crippen LogP contribution in [0, 0.1) is 17.3 Å². The van der Waals surface area contributed by atoms with Gasteiger partial charge in [-0.15, -0.1) is 5.10 Å². The molecule has 1 saturated heterocycles. The van der Waals surface area contributed by atoms with E-state index < -0.39 is 0 Å². The van der Waals surface area contributed by atoms with E-state index >= 15 is 0 Å². The second kappa shape index (κ2) is 6.73. The number of anilines is 1. The molecule has 0 aliphatic carbocycles. The maximum Gasteiger partial charge on any atom is 0.151 e. The summed E-state index contributed by atoms with van der Waals surface area (Å²) < 4.78 is 0. The normalized spacial score (nSPS) is 19.5. The van der Waals surface area contributed by atoms with Crippen molar-refractivity contribution in [2.45, 2.75) is 47.6 Å². The van der Waals surface area contributed by atoms with Crippen molar-refractivity contribution < 1.29 is 0 Å². The van der Waals surface area contributed by atoms with E-state index in [1.807, 2.05) is 0 Å². The van der Waals surface area contributed by atoms with Crippen molar-refractivity contribution in [2.24, 2.45) is 17.3 Å². The Morgan fingerprint density at radius 1 is 1.29 bits per heavy atom. The molecule has 2 rings (SSSR count). The molecule has 0 bridgehead atoms. The summed E-state index contributed by atoms with van der Waals surface area (Å²) in [5.41, 5.74) is 1.40. The van der Waals surface area contributed by atoms with Crippen LogP contribution in [-0.4, -0.2) is 29.8 Å². The minimum Gasteiger partial charge on any atom is -0.355 e. The van der Waals surface area contributed by atoms with Crippen LogP contribution in [0.2, 0.25) is 0 Å². The van der Waals surface area contributed by atoms with Crippen LogP contribution in [0.5, 0.6) is 0 Å². The van der Waals surface area contributed by atoms with Crippen molar-refractivity contribution in [1.29, 1.82) is 0 Å². The van der Waals surface area contributed by atoms with Crippen molar-refractivity contribution in [3.63, 3.8) is 0 Å².